The minimum absolute atomic E-state index is 0.127. The largest absolute Gasteiger partial charge is 0.494 e. The van der Waals surface area contributed by atoms with Gasteiger partial charge in [-0.1, -0.05) is 0 Å². The van der Waals surface area contributed by atoms with Crippen LogP contribution in [-0.2, 0) is 9.05 Å². The molecule has 0 saturated carbocycles. The second-order valence-corrected chi connectivity index (χ2v) is 5.33. The minimum atomic E-state index is -3.65. The molecule has 0 amide bonds. The topological polar surface area (TPSA) is 43.4 Å². The number of aryl methyl sites for hydroxylation is 1. The van der Waals surface area contributed by atoms with E-state index >= 15 is 0 Å². The first kappa shape index (κ1) is 11.3. The Bertz CT molecular complexity index is 426. The van der Waals surface area contributed by atoms with Crippen molar-refractivity contribution >= 4 is 19.7 Å². The standard InChI is InChI=1S/C9H11ClO3S/c1-3-13-8-4-5-9(7(2)6-8)14(10,11)12/h4-6H,3H2,1-2H3. The average Bonchev–Trinajstić information content (AvgIpc) is 2.02. The van der Waals surface area contributed by atoms with Crippen molar-refractivity contribution in [2.75, 3.05) is 6.61 Å². The fourth-order valence-corrected chi connectivity index (χ4v) is 2.35. The molecule has 3 nitrogen and oxygen atoms in total. The predicted octanol–water partition coefficient (Wildman–Crippen LogP) is 2.32. The van der Waals surface area contributed by atoms with E-state index in [9.17, 15) is 8.42 Å². The van der Waals surface area contributed by atoms with Crippen molar-refractivity contribution in [3.8, 4) is 5.75 Å². The molecule has 5 heteroatoms. The van der Waals surface area contributed by atoms with Crippen molar-refractivity contribution in [1.29, 1.82) is 0 Å². The number of ether oxygens (including phenoxy) is 1. The Labute approximate surface area is 88.1 Å². The molecular formula is C9H11ClO3S. The van der Waals surface area contributed by atoms with Crippen LogP contribution in [0, 0.1) is 6.92 Å². The lowest BCUT2D eigenvalue weighted by Gasteiger charge is -2.06. The Hall–Kier alpha value is -0.740. The molecule has 14 heavy (non-hydrogen) atoms. The summed E-state index contributed by atoms with van der Waals surface area (Å²) in [6.07, 6.45) is 0. The van der Waals surface area contributed by atoms with Gasteiger partial charge in [-0.05, 0) is 37.6 Å². The first-order valence-corrected chi connectivity index (χ1v) is 6.44. The molecule has 1 aromatic rings. The van der Waals surface area contributed by atoms with Gasteiger partial charge in [0.2, 0.25) is 0 Å². The maximum absolute atomic E-state index is 11.0. The molecule has 0 heterocycles. The third-order valence-corrected chi connectivity index (χ3v) is 3.20. The van der Waals surface area contributed by atoms with E-state index in [0.29, 0.717) is 17.9 Å². The third kappa shape index (κ3) is 2.62. The van der Waals surface area contributed by atoms with E-state index in [4.69, 9.17) is 15.4 Å². The highest BCUT2D eigenvalue weighted by atomic mass is 35.7. The Morgan fingerprint density at radius 2 is 2.07 bits per heavy atom. The van der Waals surface area contributed by atoms with Crippen LogP contribution in [0.5, 0.6) is 5.75 Å². The number of rotatable bonds is 3. The summed E-state index contributed by atoms with van der Waals surface area (Å²) >= 11 is 0. The predicted molar refractivity (Wildman–Crippen MR) is 55.4 cm³/mol. The zero-order valence-corrected chi connectivity index (χ0v) is 9.52. The van der Waals surface area contributed by atoms with Gasteiger partial charge in [0.15, 0.2) is 0 Å². The quantitative estimate of drug-likeness (QED) is 0.754. The molecule has 1 aromatic carbocycles. The Morgan fingerprint density at radius 1 is 1.43 bits per heavy atom. The van der Waals surface area contributed by atoms with Crippen LogP contribution in [0.3, 0.4) is 0 Å². The van der Waals surface area contributed by atoms with Crippen LogP contribution in [0.4, 0.5) is 0 Å². The van der Waals surface area contributed by atoms with Gasteiger partial charge >= 0.3 is 0 Å². The van der Waals surface area contributed by atoms with Gasteiger partial charge in [-0.2, -0.15) is 0 Å². The summed E-state index contributed by atoms with van der Waals surface area (Å²) in [7, 11) is 1.58. The highest BCUT2D eigenvalue weighted by Crippen LogP contribution is 2.23. The molecule has 1 rings (SSSR count). The summed E-state index contributed by atoms with van der Waals surface area (Å²) in [6, 6.07) is 4.69. The first-order valence-electron chi connectivity index (χ1n) is 4.13. The highest BCUT2D eigenvalue weighted by molar-refractivity contribution is 8.13. The second kappa shape index (κ2) is 4.19. The van der Waals surface area contributed by atoms with Gasteiger partial charge < -0.3 is 4.74 Å². The smallest absolute Gasteiger partial charge is 0.261 e. The van der Waals surface area contributed by atoms with Gasteiger partial charge in [0.1, 0.15) is 5.75 Å². The van der Waals surface area contributed by atoms with Crippen molar-refractivity contribution in [2.24, 2.45) is 0 Å². The van der Waals surface area contributed by atoms with Gasteiger partial charge in [0, 0.05) is 10.7 Å². The maximum atomic E-state index is 11.0. The monoisotopic (exact) mass is 234 g/mol. The first-order chi connectivity index (χ1) is 6.45. The molecule has 0 bridgehead atoms. The summed E-state index contributed by atoms with van der Waals surface area (Å²) in [5, 5.41) is 0. The number of hydrogen-bond acceptors (Lipinski definition) is 3. The Balaban J connectivity index is 3.15. The Morgan fingerprint density at radius 3 is 2.50 bits per heavy atom. The molecule has 0 aromatic heterocycles. The van der Waals surface area contributed by atoms with E-state index in [1.165, 1.54) is 6.07 Å². The molecular weight excluding hydrogens is 224 g/mol. The molecule has 0 aliphatic heterocycles. The van der Waals surface area contributed by atoms with Crippen LogP contribution in [0.15, 0.2) is 23.1 Å². The Kier molecular flexibility index (Phi) is 3.39. The van der Waals surface area contributed by atoms with Crippen LogP contribution in [0.25, 0.3) is 0 Å². The second-order valence-electron chi connectivity index (χ2n) is 2.80. The van der Waals surface area contributed by atoms with Crippen molar-refractivity contribution in [2.45, 2.75) is 18.7 Å². The maximum Gasteiger partial charge on any atom is 0.261 e. The lowest BCUT2D eigenvalue weighted by molar-refractivity contribution is 0.340. The van der Waals surface area contributed by atoms with E-state index in [1.807, 2.05) is 6.92 Å². The van der Waals surface area contributed by atoms with Gasteiger partial charge in [0.05, 0.1) is 11.5 Å². The molecule has 0 atom stereocenters. The lowest BCUT2D eigenvalue weighted by Crippen LogP contribution is -1.97. The van der Waals surface area contributed by atoms with E-state index in [1.54, 1.807) is 19.1 Å². The van der Waals surface area contributed by atoms with Gasteiger partial charge in [0.25, 0.3) is 9.05 Å². The summed E-state index contributed by atoms with van der Waals surface area (Å²) in [5.74, 6) is 0.647. The third-order valence-electron chi connectivity index (χ3n) is 1.72. The van der Waals surface area contributed by atoms with Crippen LogP contribution in [0.1, 0.15) is 12.5 Å². The van der Waals surface area contributed by atoms with Crippen molar-refractivity contribution in [1.82, 2.24) is 0 Å². The minimum Gasteiger partial charge on any atom is -0.494 e. The van der Waals surface area contributed by atoms with E-state index < -0.39 is 9.05 Å². The average molecular weight is 235 g/mol. The van der Waals surface area contributed by atoms with Crippen molar-refractivity contribution in [3.05, 3.63) is 23.8 Å². The molecule has 0 radical (unpaired) electrons. The van der Waals surface area contributed by atoms with Gasteiger partial charge in [-0.15, -0.1) is 0 Å². The zero-order chi connectivity index (χ0) is 10.8. The van der Waals surface area contributed by atoms with E-state index in [0.717, 1.165) is 0 Å². The molecule has 0 spiro atoms. The van der Waals surface area contributed by atoms with Crippen molar-refractivity contribution < 1.29 is 13.2 Å². The summed E-state index contributed by atoms with van der Waals surface area (Å²) in [5.41, 5.74) is 0.589. The highest BCUT2D eigenvalue weighted by Gasteiger charge is 2.13. The fourth-order valence-electron chi connectivity index (χ4n) is 1.15. The molecule has 0 fully saturated rings. The fraction of sp³-hybridized carbons (Fsp3) is 0.333. The lowest BCUT2D eigenvalue weighted by atomic mass is 10.2. The number of benzene rings is 1. The molecule has 0 saturated heterocycles. The normalized spacial score (nSPS) is 11.4. The molecule has 0 aliphatic rings. The molecule has 0 unspecified atom stereocenters. The molecule has 0 N–H and O–H groups in total. The van der Waals surface area contributed by atoms with Crippen LogP contribution in [0.2, 0.25) is 0 Å². The SMILES string of the molecule is CCOc1ccc(S(=O)(=O)Cl)c(C)c1. The van der Waals surface area contributed by atoms with Crippen LogP contribution < -0.4 is 4.74 Å². The zero-order valence-electron chi connectivity index (χ0n) is 7.95. The number of halogens is 1. The van der Waals surface area contributed by atoms with E-state index in [-0.39, 0.29) is 4.90 Å². The van der Waals surface area contributed by atoms with Crippen molar-refractivity contribution in [3.63, 3.8) is 0 Å². The molecule has 0 aliphatic carbocycles. The van der Waals surface area contributed by atoms with E-state index in [2.05, 4.69) is 0 Å². The van der Waals surface area contributed by atoms with Gasteiger partial charge in [-0.3, -0.25) is 0 Å². The summed E-state index contributed by atoms with van der Waals surface area (Å²) in [4.78, 5) is 0.127. The van der Waals surface area contributed by atoms with Crippen LogP contribution >= 0.6 is 10.7 Å². The molecule has 78 valence electrons. The van der Waals surface area contributed by atoms with Crippen LogP contribution in [-0.4, -0.2) is 15.0 Å². The number of hydrogen-bond donors (Lipinski definition) is 0. The summed E-state index contributed by atoms with van der Waals surface area (Å²) in [6.45, 7) is 4.09. The summed E-state index contributed by atoms with van der Waals surface area (Å²) < 4.78 is 27.3. The van der Waals surface area contributed by atoms with Gasteiger partial charge in [-0.25, -0.2) is 8.42 Å².